The lowest BCUT2D eigenvalue weighted by Crippen LogP contribution is -2.46. The highest BCUT2D eigenvalue weighted by Crippen LogP contribution is 2.29. The van der Waals surface area contributed by atoms with E-state index in [-0.39, 0.29) is 0 Å². The molecule has 0 aromatic rings. The summed E-state index contributed by atoms with van der Waals surface area (Å²) in [7, 11) is 0. The first-order valence-electron chi connectivity index (χ1n) is 6.24. The van der Waals surface area contributed by atoms with Crippen molar-refractivity contribution in [1.29, 1.82) is 0 Å². The van der Waals surface area contributed by atoms with E-state index in [0.29, 0.717) is 0 Å². The SMILES string of the molecule is CC1CCCC(NC2CCNC2)C1C. The van der Waals surface area contributed by atoms with Crippen molar-refractivity contribution in [2.24, 2.45) is 11.8 Å². The summed E-state index contributed by atoms with van der Waals surface area (Å²) in [6.45, 7) is 7.21. The largest absolute Gasteiger partial charge is 0.315 e. The molecule has 0 spiro atoms. The van der Waals surface area contributed by atoms with E-state index in [1.165, 1.54) is 38.8 Å². The van der Waals surface area contributed by atoms with E-state index >= 15 is 0 Å². The first kappa shape index (κ1) is 10.4. The molecule has 2 nitrogen and oxygen atoms in total. The molecule has 82 valence electrons. The van der Waals surface area contributed by atoms with Gasteiger partial charge in [-0.3, -0.25) is 0 Å². The van der Waals surface area contributed by atoms with Gasteiger partial charge in [-0.2, -0.15) is 0 Å². The smallest absolute Gasteiger partial charge is 0.0207 e. The summed E-state index contributed by atoms with van der Waals surface area (Å²) >= 11 is 0. The molecule has 0 radical (unpaired) electrons. The molecule has 14 heavy (non-hydrogen) atoms. The van der Waals surface area contributed by atoms with Crippen molar-refractivity contribution in [1.82, 2.24) is 10.6 Å². The van der Waals surface area contributed by atoms with Crippen molar-refractivity contribution in [3.05, 3.63) is 0 Å². The average molecular weight is 196 g/mol. The Balaban J connectivity index is 1.83. The van der Waals surface area contributed by atoms with Crippen LogP contribution in [-0.2, 0) is 0 Å². The van der Waals surface area contributed by atoms with Crippen LogP contribution in [0.4, 0.5) is 0 Å². The molecular weight excluding hydrogens is 172 g/mol. The Morgan fingerprint density at radius 1 is 1.14 bits per heavy atom. The van der Waals surface area contributed by atoms with Gasteiger partial charge in [-0.25, -0.2) is 0 Å². The Morgan fingerprint density at radius 2 is 2.00 bits per heavy atom. The minimum absolute atomic E-state index is 0.743. The van der Waals surface area contributed by atoms with Gasteiger partial charge in [-0.1, -0.05) is 26.7 Å². The molecular formula is C12H24N2. The van der Waals surface area contributed by atoms with E-state index in [2.05, 4.69) is 24.5 Å². The topological polar surface area (TPSA) is 24.1 Å². The quantitative estimate of drug-likeness (QED) is 0.703. The summed E-state index contributed by atoms with van der Waals surface area (Å²) < 4.78 is 0. The molecule has 1 aliphatic heterocycles. The molecule has 0 amide bonds. The highest BCUT2D eigenvalue weighted by Gasteiger charge is 2.29. The van der Waals surface area contributed by atoms with Crippen molar-refractivity contribution >= 4 is 0 Å². The summed E-state index contributed by atoms with van der Waals surface area (Å²) in [4.78, 5) is 0. The van der Waals surface area contributed by atoms with Crippen molar-refractivity contribution < 1.29 is 0 Å². The van der Waals surface area contributed by atoms with Crippen LogP contribution in [0.5, 0.6) is 0 Å². The third-order valence-electron chi connectivity index (χ3n) is 4.22. The highest BCUT2D eigenvalue weighted by molar-refractivity contribution is 4.87. The van der Waals surface area contributed by atoms with Gasteiger partial charge in [0.25, 0.3) is 0 Å². The molecule has 1 heterocycles. The van der Waals surface area contributed by atoms with Crippen molar-refractivity contribution in [3.8, 4) is 0 Å². The molecule has 0 aromatic heterocycles. The van der Waals surface area contributed by atoms with E-state index < -0.39 is 0 Å². The fourth-order valence-corrected chi connectivity index (χ4v) is 2.92. The van der Waals surface area contributed by atoms with Crippen LogP contribution in [0.25, 0.3) is 0 Å². The highest BCUT2D eigenvalue weighted by atomic mass is 15.0. The molecule has 1 saturated heterocycles. The molecule has 2 rings (SSSR count). The van der Waals surface area contributed by atoms with Gasteiger partial charge in [0.1, 0.15) is 0 Å². The van der Waals surface area contributed by atoms with Crippen LogP contribution in [0.2, 0.25) is 0 Å². The van der Waals surface area contributed by atoms with Crippen LogP contribution in [0.15, 0.2) is 0 Å². The van der Waals surface area contributed by atoms with E-state index in [1.54, 1.807) is 0 Å². The van der Waals surface area contributed by atoms with Crippen molar-refractivity contribution in [2.45, 2.75) is 51.6 Å². The standard InChI is InChI=1S/C12H24N2/c1-9-4-3-5-12(10(9)2)14-11-6-7-13-8-11/h9-14H,3-8H2,1-2H3. The van der Waals surface area contributed by atoms with Crippen LogP contribution < -0.4 is 10.6 Å². The van der Waals surface area contributed by atoms with Gasteiger partial charge < -0.3 is 10.6 Å². The van der Waals surface area contributed by atoms with E-state index in [4.69, 9.17) is 0 Å². The van der Waals surface area contributed by atoms with Crippen LogP contribution in [0.1, 0.15) is 39.5 Å². The zero-order valence-electron chi connectivity index (χ0n) is 9.55. The van der Waals surface area contributed by atoms with Crippen LogP contribution >= 0.6 is 0 Å². The number of hydrogen-bond donors (Lipinski definition) is 2. The molecule has 1 aliphatic carbocycles. The van der Waals surface area contributed by atoms with Gasteiger partial charge in [-0.05, 0) is 31.2 Å². The number of nitrogens with one attached hydrogen (secondary N) is 2. The molecule has 1 saturated carbocycles. The molecule has 2 fully saturated rings. The molecule has 2 N–H and O–H groups in total. The summed E-state index contributed by atoms with van der Waals surface area (Å²) in [5.74, 6) is 1.78. The van der Waals surface area contributed by atoms with E-state index in [9.17, 15) is 0 Å². The Kier molecular flexibility index (Phi) is 3.45. The average Bonchev–Trinajstić information content (AvgIpc) is 2.66. The molecule has 2 aliphatic rings. The number of rotatable bonds is 2. The minimum Gasteiger partial charge on any atom is -0.315 e. The second-order valence-corrected chi connectivity index (χ2v) is 5.23. The van der Waals surface area contributed by atoms with Gasteiger partial charge >= 0.3 is 0 Å². The summed E-state index contributed by atoms with van der Waals surface area (Å²) in [6, 6.07) is 1.52. The maximum absolute atomic E-state index is 3.84. The molecule has 4 atom stereocenters. The molecule has 0 bridgehead atoms. The summed E-state index contributed by atoms with van der Waals surface area (Å²) in [5.41, 5.74) is 0. The fraction of sp³-hybridized carbons (Fsp3) is 1.00. The number of hydrogen-bond acceptors (Lipinski definition) is 2. The van der Waals surface area contributed by atoms with Gasteiger partial charge in [0.2, 0.25) is 0 Å². The Labute approximate surface area is 87.8 Å². The Hall–Kier alpha value is -0.0800. The predicted octanol–water partition coefficient (Wildman–Crippen LogP) is 1.76. The predicted molar refractivity (Wildman–Crippen MR) is 60.4 cm³/mol. The first-order valence-corrected chi connectivity index (χ1v) is 6.24. The zero-order valence-corrected chi connectivity index (χ0v) is 9.55. The second kappa shape index (κ2) is 4.63. The normalized spacial score (nSPS) is 44.1. The fourth-order valence-electron chi connectivity index (χ4n) is 2.92. The van der Waals surface area contributed by atoms with E-state index in [0.717, 1.165) is 23.9 Å². The van der Waals surface area contributed by atoms with Gasteiger partial charge in [0, 0.05) is 18.6 Å². The lowest BCUT2D eigenvalue weighted by molar-refractivity contribution is 0.196. The lowest BCUT2D eigenvalue weighted by Gasteiger charge is -2.36. The lowest BCUT2D eigenvalue weighted by atomic mass is 9.78. The summed E-state index contributed by atoms with van der Waals surface area (Å²) in [6.07, 6.45) is 5.56. The maximum atomic E-state index is 3.84. The van der Waals surface area contributed by atoms with Crippen LogP contribution in [-0.4, -0.2) is 25.2 Å². The van der Waals surface area contributed by atoms with E-state index in [1.807, 2.05) is 0 Å². The zero-order chi connectivity index (χ0) is 9.97. The third-order valence-corrected chi connectivity index (χ3v) is 4.22. The Morgan fingerprint density at radius 3 is 2.71 bits per heavy atom. The maximum Gasteiger partial charge on any atom is 0.0207 e. The van der Waals surface area contributed by atoms with Gasteiger partial charge in [0.15, 0.2) is 0 Å². The van der Waals surface area contributed by atoms with Gasteiger partial charge in [0.05, 0.1) is 0 Å². The second-order valence-electron chi connectivity index (χ2n) is 5.23. The van der Waals surface area contributed by atoms with Crippen LogP contribution in [0.3, 0.4) is 0 Å². The van der Waals surface area contributed by atoms with Gasteiger partial charge in [-0.15, -0.1) is 0 Å². The molecule has 2 heteroatoms. The monoisotopic (exact) mass is 196 g/mol. The first-order chi connectivity index (χ1) is 6.77. The third kappa shape index (κ3) is 2.29. The molecule has 0 aromatic carbocycles. The minimum atomic E-state index is 0.743. The van der Waals surface area contributed by atoms with Crippen molar-refractivity contribution in [2.75, 3.05) is 13.1 Å². The van der Waals surface area contributed by atoms with Crippen LogP contribution in [0, 0.1) is 11.8 Å². The summed E-state index contributed by atoms with van der Waals surface area (Å²) in [5, 5.41) is 7.26. The Bertz CT molecular complexity index is 175. The molecule has 4 unspecified atom stereocenters. The van der Waals surface area contributed by atoms with Crippen molar-refractivity contribution in [3.63, 3.8) is 0 Å².